The topological polar surface area (TPSA) is 101 Å². The first-order valence-corrected chi connectivity index (χ1v) is 7.82. The minimum atomic E-state index is -3.53. The third-order valence-corrected chi connectivity index (χ3v) is 4.96. The summed E-state index contributed by atoms with van der Waals surface area (Å²) in [6, 6.07) is -0.182. The van der Waals surface area contributed by atoms with E-state index in [0.717, 1.165) is 25.7 Å². The van der Waals surface area contributed by atoms with E-state index in [2.05, 4.69) is 14.7 Å². The lowest BCUT2D eigenvalue weighted by Crippen LogP contribution is -2.45. The highest BCUT2D eigenvalue weighted by atomic mass is 35.5. The molecule has 4 N–H and O–H groups in total. The molecule has 1 aromatic rings. The second kappa shape index (κ2) is 7.23. The van der Waals surface area contributed by atoms with E-state index >= 15 is 0 Å². The average molecular weight is 309 g/mol. The standard InChI is InChI=1S/C11H20N4O2S.ClH/c12-6-10(9-4-2-1-3-5-9)15-18(16,17)11-7-13-8-14-11;/h7-10,15H,1-6,12H2,(H,13,14);1H. The third kappa shape index (κ3) is 4.17. The summed E-state index contributed by atoms with van der Waals surface area (Å²) in [6.45, 7) is 0.331. The highest BCUT2D eigenvalue weighted by Crippen LogP contribution is 2.26. The summed E-state index contributed by atoms with van der Waals surface area (Å²) < 4.78 is 26.8. The number of imidazole rings is 1. The van der Waals surface area contributed by atoms with Crippen molar-refractivity contribution in [3.05, 3.63) is 12.5 Å². The van der Waals surface area contributed by atoms with Crippen LogP contribution in [-0.4, -0.2) is 31.0 Å². The van der Waals surface area contributed by atoms with E-state index < -0.39 is 10.0 Å². The Balaban J connectivity index is 0.00000180. The van der Waals surface area contributed by atoms with Crippen LogP contribution in [0.2, 0.25) is 0 Å². The smallest absolute Gasteiger partial charge is 0.257 e. The molecule has 1 aliphatic rings. The van der Waals surface area contributed by atoms with E-state index in [1.165, 1.54) is 18.9 Å². The number of halogens is 1. The van der Waals surface area contributed by atoms with Crippen LogP contribution in [0.15, 0.2) is 17.6 Å². The van der Waals surface area contributed by atoms with Gasteiger partial charge in [0.05, 0.1) is 12.5 Å². The van der Waals surface area contributed by atoms with E-state index in [9.17, 15) is 8.42 Å². The maximum absolute atomic E-state index is 12.1. The molecule has 2 rings (SSSR count). The van der Waals surface area contributed by atoms with Gasteiger partial charge in [0.15, 0.2) is 5.03 Å². The first-order chi connectivity index (χ1) is 8.63. The lowest BCUT2D eigenvalue weighted by Gasteiger charge is -2.29. The predicted octanol–water partition coefficient (Wildman–Crippen LogP) is 1.02. The number of nitrogens with zero attached hydrogens (tertiary/aromatic N) is 1. The van der Waals surface area contributed by atoms with Gasteiger partial charge in [0.2, 0.25) is 0 Å². The van der Waals surface area contributed by atoms with Crippen LogP contribution in [0.1, 0.15) is 32.1 Å². The molecule has 1 heterocycles. The summed E-state index contributed by atoms with van der Waals surface area (Å²) in [6.07, 6.45) is 8.31. The molecule has 0 bridgehead atoms. The molecule has 8 heteroatoms. The first-order valence-electron chi connectivity index (χ1n) is 6.34. The normalized spacial score (nSPS) is 18.8. The molecule has 19 heavy (non-hydrogen) atoms. The summed E-state index contributed by atoms with van der Waals surface area (Å²) in [5.74, 6) is 0.349. The second-order valence-electron chi connectivity index (χ2n) is 4.78. The van der Waals surface area contributed by atoms with Crippen LogP contribution in [0.5, 0.6) is 0 Å². The number of aromatic nitrogens is 2. The molecule has 1 fully saturated rings. The van der Waals surface area contributed by atoms with Crippen molar-refractivity contribution >= 4 is 22.4 Å². The third-order valence-electron chi connectivity index (χ3n) is 3.54. The number of sulfonamides is 1. The zero-order valence-electron chi connectivity index (χ0n) is 10.7. The summed E-state index contributed by atoms with van der Waals surface area (Å²) in [4.78, 5) is 6.34. The summed E-state index contributed by atoms with van der Waals surface area (Å²) in [5, 5.41) is 0.0942. The Labute approximate surface area is 120 Å². The van der Waals surface area contributed by atoms with Crippen molar-refractivity contribution in [1.82, 2.24) is 14.7 Å². The van der Waals surface area contributed by atoms with Gasteiger partial charge in [-0.15, -0.1) is 12.4 Å². The molecular formula is C11H21ClN4O2S. The highest BCUT2D eigenvalue weighted by molar-refractivity contribution is 7.89. The summed E-state index contributed by atoms with van der Waals surface area (Å²) >= 11 is 0. The van der Waals surface area contributed by atoms with Crippen LogP contribution in [0.25, 0.3) is 0 Å². The predicted molar refractivity (Wildman–Crippen MR) is 75.6 cm³/mol. The molecule has 1 aliphatic carbocycles. The minimum absolute atomic E-state index is 0. The second-order valence-corrected chi connectivity index (χ2v) is 6.46. The Morgan fingerprint density at radius 3 is 2.63 bits per heavy atom. The van der Waals surface area contributed by atoms with Gasteiger partial charge in [0.1, 0.15) is 0 Å². The number of nitrogens with one attached hydrogen (secondary N) is 2. The average Bonchev–Trinajstić information content (AvgIpc) is 2.92. The summed E-state index contributed by atoms with van der Waals surface area (Å²) in [5.41, 5.74) is 5.71. The zero-order valence-corrected chi connectivity index (χ0v) is 12.3. The van der Waals surface area contributed by atoms with Crippen LogP contribution in [0.4, 0.5) is 0 Å². The Morgan fingerprint density at radius 1 is 1.42 bits per heavy atom. The molecule has 0 spiro atoms. The van der Waals surface area contributed by atoms with E-state index in [4.69, 9.17) is 5.73 Å². The molecule has 1 atom stereocenters. The molecule has 1 aromatic heterocycles. The van der Waals surface area contributed by atoms with Gasteiger partial charge in [-0.3, -0.25) is 0 Å². The SMILES string of the molecule is Cl.NCC(NS(=O)(=O)c1cnc[nH]1)C1CCCCC1. The largest absolute Gasteiger partial charge is 0.335 e. The van der Waals surface area contributed by atoms with Gasteiger partial charge in [-0.2, -0.15) is 0 Å². The van der Waals surface area contributed by atoms with Gasteiger partial charge >= 0.3 is 0 Å². The lowest BCUT2D eigenvalue weighted by atomic mass is 9.84. The number of rotatable bonds is 5. The maximum atomic E-state index is 12.1. The number of hydrogen-bond donors (Lipinski definition) is 3. The van der Waals surface area contributed by atoms with Crippen LogP contribution in [0.3, 0.4) is 0 Å². The Kier molecular flexibility index (Phi) is 6.25. The number of hydrogen-bond acceptors (Lipinski definition) is 4. The molecule has 0 saturated heterocycles. The van der Waals surface area contributed by atoms with Gasteiger partial charge in [0, 0.05) is 12.6 Å². The minimum Gasteiger partial charge on any atom is -0.335 e. The van der Waals surface area contributed by atoms with E-state index in [0.29, 0.717) is 12.5 Å². The van der Waals surface area contributed by atoms with Crippen molar-refractivity contribution in [3.63, 3.8) is 0 Å². The van der Waals surface area contributed by atoms with Gasteiger partial charge < -0.3 is 10.7 Å². The van der Waals surface area contributed by atoms with Crippen molar-refractivity contribution < 1.29 is 8.42 Å². The quantitative estimate of drug-likeness (QED) is 0.756. The highest BCUT2D eigenvalue weighted by Gasteiger charge is 2.27. The maximum Gasteiger partial charge on any atom is 0.257 e. The first kappa shape index (κ1) is 16.4. The van der Waals surface area contributed by atoms with Crippen molar-refractivity contribution in [3.8, 4) is 0 Å². The lowest BCUT2D eigenvalue weighted by molar-refractivity contribution is 0.294. The molecule has 6 nitrogen and oxygen atoms in total. The zero-order chi connectivity index (χ0) is 13.0. The van der Waals surface area contributed by atoms with Crippen molar-refractivity contribution in [2.75, 3.05) is 6.54 Å². The summed E-state index contributed by atoms with van der Waals surface area (Å²) in [7, 11) is -3.53. The fourth-order valence-electron chi connectivity index (χ4n) is 2.53. The molecule has 0 aromatic carbocycles. The Hall–Kier alpha value is -0.630. The van der Waals surface area contributed by atoms with Crippen LogP contribution in [-0.2, 0) is 10.0 Å². The molecule has 1 saturated carbocycles. The van der Waals surface area contributed by atoms with Crippen molar-refractivity contribution in [2.45, 2.75) is 43.2 Å². The Morgan fingerprint density at radius 2 is 2.11 bits per heavy atom. The molecule has 110 valence electrons. The van der Waals surface area contributed by atoms with Gasteiger partial charge in [0.25, 0.3) is 10.0 Å². The van der Waals surface area contributed by atoms with E-state index in [1.807, 2.05) is 0 Å². The van der Waals surface area contributed by atoms with Crippen molar-refractivity contribution in [2.24, 2.45) is 11.7 Å². The number of aromatic amines is 1. The monoisotopic (exact) mass is 308 g/mol. The van der Waals surface area contributed by atoms with Gasteiger partial charge in [-0.25, -0.2) is 18.1 Å². The van der Waals surface area contributed by atoms with Crippen LogP contribution < -0.4 is 10.5 Å². The molecule has 1 unspecified atom stereocenters. The molecule has 0 radical (unpaired) electrons. The van der Waals surface area contributed by atoms with Gasteiger partial charge in [-0.1, -0.05) is 19.3 Å². The molecule has 0 aliphatic heterocycles. The molecular weight excluding hydrogens is 288 g/mol. The fourth-order valence-corrected chi connectivity index (χ4v) is 3.75. The number of H-pyrrole nitrogens is 1. The molecule has 0 amide bonds. The fraction of sp³-hybridized carbons (Fsp3) is 0.727. The van der Waals surface area contributed by atoms with Crippen molar-refractivity contribution in [1.29, 1.82) is 0 Å². The van der Waals surface area contributed by atoms with E-state index in [-0.39, 0.29) is 23.5 Å². The number of nitrogens with two attached hydrogens (primary N) is 1. The van der Waals surface area contributed by atoms with Gasteiger partial charge in [-0.05, 0) is 18.8 Å². The van der Waals surface area contributed by atoms with Crippen LogP contribution >= 0.6 is 12.4 Å². The van der Waals surface area contributed by atoms with E-state index in [1.54, 1.807) is 0 Å². The Bertz CT molecular complexity index is 457. The van der Waals surface area contributed by atoms with Crippen LogP contribution in [0, 0.1) is 5.92 Å².